The Kier molecular flexibility index (Phi) is 7.98. The number of sulfonamides is 1. The van der Waals surface area contributed by atoms with Gasteiger partial charge in [-0.1, -0.05) is 30.1 Å². The summed E-state index contributed by atoms with van der Waals surface area (Å²) in [6, 6.07) is 3.99. The number of carbonyl (C=O) groups is 1. The lowest BCUT2D eigenvalue weighted by Gasteiger charge is -2.35. The molecule has 1 heterocycles. The van der Waals surface area contributed by atoms with Crippen molar-refractivity contribution in [1.82, 2.24) is 9.21 Å². The predicted molar refractivity (Wildman–Crippen MR) is 102 cm³/mol. The van der Waals surface area contributed by atoms with Gasteiger partial charge in [0.1, 0.15) is 0 Å². The highest BCUT2D eigenvalue weighted by Crippen LogP contribution is 2.27. The van der Waals surface area contributed by atoms with Crippen LogP contribution in [0.15, 0.2) is 23.1 Å². The van der Waals surface area contributed by atoms with Crippen molar-refractivity contribution in [2.45, 2.75) is 24.8 Å². The van der Waals surface area contributed by atoms with Gasteiger partial charge in [0.2, 0.25) is 15.9 Å². The van der Waals surface area contributed by atoms with Gasteiger partial charge in [-0.3, -0.25) is 4.79 Å². The van der Waals surface area contributed by atoms with Gasteiger partial charge in [-0.05, 0) is 25.1 Å². The van der Waals surface area contributed by atoms with Gasteiger partial charge in [-0.15, -0.1) is 12.4 Å². The van der Waals surface area contributed by atoms with Crippen molar-refractivity contribution in [3.63, 3.8) is 0 Å². The Hall–Kier alpha value is -0.570. The van der Waals surface area contributed by atoms with E-state index in [2.05, 4.69) is 0 Å². The Labute approximate surface area is 164 Å². The Balaban J connectivity index is 0.00000312. The largest absolute Gasteiger partial charge is 0.340 e. The molecule has 0 spiro atoms. The van der Waals surface area contributed by atoms with Crippen molar-refractivity contribution in [2.24, 2.45) is 11.7 Å². The second-order valence-corrected chi connectivity index (χ2v) is 8.71. The van der Waals surface area contributed by atoms with Crippen LogP contribution in [0.5, 0.6) is 0 Å². The van der Waals surface area contributed by atoms with E-state index in [9.17, 15) is 13.2 Å². The molecule has 1 aliphatic heterocycles. The first-order chi connectivity index (χ1) is 11.1. The zero-order valence-electron chi connectivity index (χ0n) is 14.0. The molecule has 0 aromatic heterocycles. The Morgan fingerprint density at radius 3 is 2.16 bits per heavy atom. The molecule has 1 aromatic carbocycles. The highest BCUT2D eigenvalue weighted by Gasteiger charge is 2.32. The van der Waals surface area contributed by atoms with Crippen LogP contribution in [0, 0.1) is 5.92 Å². The van der Waals surface area contributed by atoms with Gasteiger partial charge in [0.05, 0.1) is 20.9 Å². The maximum absolute atomic E-state index is 12.7. The van der Waals surface area contributed by atoms with E-state index in [0.717, 1.165) is 0 Å². The molecule has 1 fully saturated rings. The van der Waals surface area contributed by atoms with E-state index in [-0.39, 0.29) is 53.3 Å². The summed E-state index contributed by atoms with van der Waals surface area (Å²) in [6.45, 7) is 4.73. The first-order valence-electron chi connectivity index (χ1n) is 7.64. The van der Waals surface area contributed by atoms with Gasteiger partial charge >= 0.3 is 0 Å². The molecule has 6 nitrogen and oxygen atoms in total. The minimum Gasteiger partial charge on any atom is -0.340 e. The predicted octanol–water partition coefficient (Wildman–Crippen LogP) is 2.23. The number of benzene rings is 1. The third-order valence-electron chi connectivity index (χ3n) is 4.26. The van der Waals surface area contributed by atoms with Crippen LogP contribution in [0.1, 0.15) is 13.8 Å². The first kappa shape index (κ1) is 22.5. The standard InChI is InChI=1S/C15H21Cl2N3O3S.ClH/c1-10(11(2)18)15(21)19-5-7-20(8-6-19)24(22,23)12-3-4-13(16)14(17)9-12;/h3-4,9-11H,5-8,18H2,1-2H3;1H. The first-order valence-corrected chi connectivity index (χ1v) is 9.83. The number of hydrogen-bond acceptors (Lipinski definition) is 4. The summed E-state index contributed by atoms with van der Waals surface area (Å²) in [5.74, 6) is -0.334. The summed E-state index contributed by atoms with van der Waals surface area (Å²) >= 11 is 11.7. The van der Waals surface area contributed by atoms with Crippen LogP contribution in [-0.2, 0) is 14.8 Å². The number of hydrogen-bond donors (Lipinski definition) is 1. The number of piperazine rings is 1. The summed E-state index contributed by atoms with van der Waals surface area (Å²) < 4.78 is 26.7. The molecular weight excluding hydrogens is 409 g/mol. The maximum atomic E-state index is 12.7. The lowest BCUT2D eigenvalue weighted by molar-refractivity contribution is -0.136. The molecule has 1 amide bonds. The highest BCUT2D eigenvalue weighted by atomic mass is 35.5. The van der Waals surface area contributed by atoms with Crippen molar-refractivity contribution < 1.29 is 13.2 Å². The molecule has 142 valence electrons. The second kappa shape index (κ2) is 8.88. The summed E-state index contributed by atoms with van der Waals surface area (Å²) in [5.41, 5.74) is 5.77. The Morgan fingerprint density at radius 2 is 1.68 bits per heavy atom. The van der Waals surface area contributed by atoms with Crippen molar-refractivity contribution in [3.8, 4) is 0 Å². The average molecular weight is 431 g/mol. The van der Waals surface area contributed by atoms with E-state index in [4.69, 9.17) is 28.9 Å². The number of rotatable bonds is 4. The normalized spacial score (nSPS) is 18.4. The third-order valence-corrected chi connectivity index (χ3v) is 6.89. The molecule has 0 aliphatic carbocycles. The smallest absolute Gasteiger partial charge is 0.243 e. The summed E-state index contributed by atoms with van der Waals surface area (Å²) in [7, 11) is -3.66. The van der Waals surface area contributed by atoms with Crippen molar-refractivity contribution in [3.05, 3.63) is 28.2 Å². The van der Waals surface area contributed by atoms with Gasteiger partial charge in [0.25, 0.3) is 0 Å². The molecule has 10 heteroatoms. The van der Waals surface area contributed by atoms with Gasteiger partial charge in [-0.25, -0.2) is 8.42 Å². The van der Waals surface area contributed by atoms with Crippen LogP contribution in [0.3, 0.4) is 0 Å². The second-order valence-electron chi connectivity index (χ2n) is 5.95. The zero-order chi connectivity index (χ0) is 18.1. The van der Waals surface area contributed by atoms with Crippen LogP contribution >= 0.6 is 35.6 Å². The van der Waals surface area contributed by atoms with Gasteiger partial charge in [0, 0.05) is 32.2 Å². The molecule has 1 aliphatic rings. The SMILES string of the molecule is CC(N)C(C)C(=O)N1CCN(S(=O)(=O)c2ccc(Cl)c(Cl)c2)CC1.Cl. The number of nitrogens with zero attached hydrogens (tertiary/aromatic N) is 2. The van der Waals surface area contributed by atoms with Crippen LogP contribution in [0.2, 0.25) is 10.0 Å². The van der Waals surface area contributed by atoms with Crippen molar-refractivity contribution in [2.75, 3.05) is 26.2 Å². The number of halogens is 3. The van der Waals surface area contributed by atoms with Gasteiger partial charge in [0.15, 0.2) is 0 Å². The molecule has 0 bridgehead atoms. The van der Waals surface area contributed by atoms with E-state index in [0.29, 0.717) is 18.1 Å². The zero-order valence-corrected chi connectivity index (χ0v) is 17.1. The van der Waals surface area contributed by atoms with E-state index in [1.54, 1.807) is 18.7 Å². The molecule has 0 radical (unpaired) electrons. The third kappa shape index (κ3) is 4.99. The topological polar surface area (TPSA) is 83.7 Å². The number of nitrogens with two attached hydrogens (primary N) is 1. The fraction of sp³-hybridized carbons (Fsp3) is 0.533. The lowest BCUT2D eigenvalue weighted by atomic mass is 10.0. The minimum absolute atomic E-state index is 0. The molecule has 2 unspecified atom stereocenters. The van der Waals surface area contributed by atoms with E-state index >= 15 is 0 Å². The molecule has 2 N–H and O–H groups in total. The van der Waals surface area contributed by atoms with Crippen LogP contribution in [0.4, 0.5) is 0 Å². The summed E-state index contributed by atoms with van der Waals surface area (Å²) in [5, 5.41) is 0.494. The van der Waals surface area contributed by atoms with E-state index < -0.39 is 10.0 Å². The average Bonchev–Trinajstić information content (AvgIpc) is 2.55. The maximum Gasteiger partial charge on any atom is 0.243 e. The van der Waals surface area contributed by atoms with Crippen molar-refractivity contribution >= 4 is 51.5 Å². The minimum atomic E-state index is -3.66. The van der Waals surface area contributed by atoms with E-state index in [1.807, 2.05) is 0 Å². The summed E-state index contributed by atoms with van der Waals surface area (Å²) in [4.78, 5) is 14.1. The molecular formula is C15H22Cl3N3O3S. The van der Waals surface area contributed by atoms with Crippen molar-refractivity contribution in [1.29, 1.82) is 0 Å². The highest BCUT2D eigenvalue weighted by molar-refractivity contribution is 7.89. The number of carbonyl (C=O) groups excluding carboxylic acids is 1. The van der Waals surface area contributed by atoms with Gasteiger partial charge in [-0.2, -0.15) is 4.31 Å². The fourth-order valence-corrected chi connectivity index (χ4v) is 4.26. The molecule has 2 rings (SSSR count). The quantitative estimate of drug-likeness (QED) is 0.794. The Morgan fingerprint density at radius 1 is 1.12 bits per heavy atom. The van der Waals surface area contributed by atoms with E-state index in [1.165, 1.54) is 22.5 Å². The molecule has 25 heavy (non-hydrogen) atoms. The van der Waals surface area contributed by atoms with Crippen LogP contribution in [0.25, 0.3) is 0 Å². The van der Waals surface area contributed by atoms with Gasteiger partial charge < -0.3 is 10.6 Å². The monoisotopic (exact) mass is 429 g/mol. The Bertz CT molecular complexity index is 720. The fourth-order valence-electron chi connectivity index (χ4n) is 2.45. The van der Waals surface area contributed by atoms with Crippen LogP contribution < -0.4 is 5.73 Å². The molecule has 1 aromatic rings. The summed E-state index contributed by atoms with van der Waals surface area (Å²) in [6.07, 6.45) is 0. The molecule has 1 saturated heterocycles. The lowest BCUT2D eigenvalue weighted by Crippen LogP contribution is -2.53. The molecule has 0 saturated carbocycles. The number of amides is 1. The van der Waals surface area contributed by atoms with Crippen LogP contribution in [-0.4, -0.2) is 55.8 Å². The molecule has 2 atom stereocenters.